The van der Waals surface area contributed by atoms with Crippen molar-refractivity contribution in [3.05, 3.63) is 86.6 Å². The molecule has 4 rings (SSSR count). The summed E-state index contributed by atoms with van der Waals surface area (Å²) < 4.78 is 28.4. The first-order valence-corrected chi connectivity index (χ1v) is 14.1. The van der Waals surface area contributed by atoms with Crippen LogP contribution >= 0.6 is 22.9 Å². The Balaban J connectivity index is 1.69. The number of hydrogen-bond donors (Lipinski definition) is 0. The monoisotopic (exact) mass is 516 g/mol. The number of nitrogens with zero attached hydrogens (tertiary/aromatic N) is 2. The van der Waals surface area contributed by atoms with Crippen LogP contribution in [0.2, 0.25) is 5.02 Å². The summed E-state index contributed by atoms with van der Waals surface area (Å²) >= 11 is 7.68. The third-order valence-electron chi connectivity index (χ3n) is 6.56. The largest absolute Gasteiger partial charge is 0.330 e. The maximum Gasteiger partial charge on any atom is 0.243 e. The van der Waals surface area contributed by atoms with Gasteiger partial charge in [-0.05, 0) is 79.1 Å². The lowest BCUT2D eigenvalue weighted by Crippen LogP contribution is -2.49. The van der Waals surface area contributed by atoms with Crippen LogP contribution in [0.3, 0.4) is 0 Å². The van der Waals surface area contributed by atoms with Crippen molar-refractivity contribution in [3.8, 4) is 0 Å². The minimum Gasteiger partial charge on any atom is -0.330 e. The van der Waals surface area contributed by atoms with E-state index in [1.165, 1.54) is 21.3 Å². The highest BCUT2D eigenvalue weighted by Crippen LogP contribution is 2.39. The maximum atomic E-state index is 13.8. The van der Waals surface area contributed by atoms with E-state index in [1.807, 2.05) is 30.9 Å². The molecule has 180 valence electrons. The van der Waals surface area contributed by atoms with Crippen molar-refractivity contribution in [1.29, 1.82) is 0 Å². The molecular formula is C26H29ClN2O3S2. The molecule has 8 heteroatoms. The minimum absolute atomic E-state index is 0.138. The van der Waals surface area contributed by atoms with Crippen molar-refractivity contribution in [1.82, 2.24) is 9.21 Å². The van der Waals surface area contributed by atoms with E-state index in [1.54, 1.807) is 23.5 Å². The van der Waals surface area contributed by atoms with Crippen LogP contribution in [0.5, 0.6) is 0 Å². The number of carbonyl (C=O) groups is 1. The number of carbonyl (C=O) groups excluding carboxylic acids is 1. The molecule has 1 amide bonds. The summed E-state index contributed by atoms with van der Waals surface area (Å²) in [5.41, 5.74) is 3.32. The zero-order valence-corrected chi connectivity index (χ0v) is 22.0. The molecular weight excluding hydrogens is 488 g/mol. The number of thiophene rings is 1. The summed E-state index contributed by atoms with van der Waals surface area (Å²) in [5, 5.41) is 2.53. The van der Waals surface area contributed by atoms with Gasteiger partial charge in [-0.25, -0.2) is 8.42 Å². The predicted octanol–water partition coefficient (Wildman–Crippen LogP) is 5.67. The fourth-order valence-corrected chi connectivity index (χ4v) is 7.15. The number of rotatable bonds is 7. The summed E-state index contributed by atoms with van der Waals surface area (Å²) in [4.78, 5) is 17.1. The smallest absolute Gasteiger partial charge is 0.243 e. The molecule has 2 unspecified atom stereocenters. The number of sulfonamides is 1. The summed E-state index contributed by atoms with van der Waals surface area (Å²) in [5.74, 6) is -0.192. The second-order valence-electron chi connectivity index (χ2n) is 8.66. The van der Waals surface area contributed by atoms with E-state index >= 15 is 0 Å². The second-order valence-corrected chi connectivity index (χ2v) is 12.0. The van der Waals surface area contributed by atoms with Gasteiger partial charge in [-0.3, -0.25) is 4.79 Å². The Morgan fingerprint density at radius 3 is 2.53 bits per heavy atom. The van der Waals surface area contributed by atoms with E-state index in [4.69, 9.17) is 11.6 Å². The lowest BCUT2D eigenvalue weighted by molar-refractivity contribution is -0.133. The quantitative estimate of drug-likeness (QED) is 0.406. The summed E-state index contributed by atoms with van der Waals surface area (Å²) in [6, 6.07) is 15.7. The van der Waals surface area contributed by atoms with E-state index < -0.39 is 10.0 Å². The Kier molecular flexibility index (Phi) is 7.48. The molecule has 0 spiro atoms. The molecule has 3 aromatic rings. The third kappa shape index (κ3) is 4.80. The average molecular weight is 517 g/mol. The molecule has 34 heavy (non-hydrogen) atoms. The van der Waals surface area contributed by atoms with Crippen molar-refractivity contribution in [2.45, 2.75) is 50.6 Å². The molecule has 0 N–H and O–H groups in total. The first kappa shape index (κ1) is 24.9. The van der Waals surface area contributed by atoms with Crippen LogP contribution in [-0.2, 0) is 21.2 Å². The van der Waals surface area contributed by atoms with Crippen LogP contribution in [0.25, 0.3) is 0 Å². The van der Waals surface area contributed by atoms with E-state index in [0.29, 0.717) is 18.0 Å². The fraction of sp³-hybridized carbons (Fsp3) is 0.346. The molecule has 1 aromatic heterocycles. The minimum atomic E-state index is -3.87. The first-order valence-electron chi connectivity index (χ1n) is 11.4. The highest BCUT2D eigenvalue weighted by atomic mass is 35.5. The SMILES string of the molecule is CCC(C)N(CC(=O)N1CCc2sccc2C1c1ccccc1C)S(=O)(=O)c1ccc(Cl)cc1. The number of benzene rings is 2. The normalized spacial score (nSPS) is 17.0. The standard InChI is InChI=1S/C26H29ClN2O3S2/c1-4-19(3)29(34(31,32)21-11-9-20(27)10-12-21)17-25(30)28-15-13-24-23(14-16-33-24)26(28)22-8-6-5-7-18(22)2/h5-12,14,16,19,26H,4,13,15,17H2,1-3H3. The molecule has 0 saturated heterocycles. The van der Waals surface area contributed by atoms with E-state index in [2.05, 4.69) is 30.5 Å². The Morgan fingerprint density at radius 2 is 1.85 bits per heavy atom. The van der Waals surface area contributed by atoms with Gasteiger partial charge in [0.15, 0.2) is 0 Å². The molecule has 1 aliphatic rings. The Labute approximate surface area is 211 Å². The van der Waals surface area contributed by atoms with Gasteiger partial charge in [-0.15, -0.1) is 11.3 Å². The number of amides is 1. The zero-order chi connectivity index (χ0) is 24.5. The van der Waals surface area contributed by atoms with Crippen molar-refractivity contribution in [2.24, 2.45) is 0 Å². The van der Waals surface area contributed by atoms with Crippen LogP contribution in [-0.4, -0.2) is 42.7 Å². The number of halogens is 1. The van der Waals surface area contributed by atoms with Crippen LogP contribution < -0.4 is 0 Å². The predicted molar refractivity (Wildman–Crippen MR) is 138 cm³/mol. The Morgan fingerprint density at radius 1 is 1.15 bits per heavy atom. The van der Waals surface area contributed by atoms with Gasteiger partial charge in [0.2, 0.25) is 15.9 Å². The highest BCUT2D eigenvalue weighted by Gasteiger charge is 2.37. The van der Waals surface area contributed by atoms with E-state index in [9.17, 15) is 13.2 Å². The van der Waals surface area contributed by atoms with Crippen molar-refractivity contribution < 1.29 is 13.2 Å². The molecule has 2 atom stereocenters. The van der Waals surface area contributed by atoms with Gasteiger partial charge in [-0.2, -0.15) is 4.31 Å². The molecule has 1 aliphatic heterocycles. The first-order chi connectivity index (χ1) is 16.2. The van der Waals surface area contributed by atoms with Crippen molar-refractivity contribution in [3.63, 3.8) is 0 Å². The molecule has 5 nitrogen and oxygen atoms in total. The van der Waals surface area contributed by atoms with Crippen molar-refractivity contribution in [2.75, 3.05) is 13.1 Å². The second kappa shape index (κ2) is 10.2. The molecule has 0 fully saturated rings. The summed E-state index contributed by atoms with van der Waals surface area (Å²) in [6.45, 7) is 6.17. The third-order valence-corrected chi connectivity index (χ3v) is 9.79. The molecule has 2 heterocycles. The van der Waals surface area contributed by atoms with Crippen molar-refractivity contribution >= 4 is 38.9 Å². The van der Waals surface area contributed by atoms with E-state index in [-0.39, 0.29) is 29.4 Å². The van der Waals surface area contributed by atoms with Crippen LogP contribution in [0.4, 0.5) is 0 Å². The Bertz CT molecular complexity index is 1270. The van der Waals surface area contributed by atoms with Gasteiger partial charge >= 0.3 is 0 Å². The lowest BCUT2D eigenvalue weighted by atomic mass is 9.90. The molecule has 2 aromatic carbocycles. The van der Waals surface area contributed by atoms with Gasteiger partial charge in [0.05, 0.1) is 17.5 Å². The summed E-state index contributed by atoms with van der Waals surface area (Å²) in [7, 11) is -3.87. The number of fused-ring (bicyclic) bond motifs is 1. The maximum absolute atomic E-state index is 13.8. The van der Waals surface area contributed by atoms with Gasteiger partial charge < -0.3 is 4.90 Å². The molecule has 0 radical (unpaired) electrons. The topological polar surface area (TPSA) is 57.7 Å². The Hall–Kier alpha value is -2.19. The molecule has 0 bridgehead atoms. The zero-order valence-electron chi connectivity index (χ0n) is 19.6. The van der Waals surface area contributed by atoms with Crippen LogP contribution in [0.15, 0.2) is 64.9 Å². The van der Waals surface area contributed by atoms with Gasteiger partial charge in [-0.1, -0.05) is 42.8 Å². The summed E-state index contributed by atoms with van der Waals surface area (Å²) in [6.07, 6.45) is 1.37. The van der Waals surface area contributed by atoms with Gasteiger partial charge in [0, 0.05) is 22.5 Å². The number of hydrogen-bond acceptors (Lipinski definition) is 4. The van der Waals surface area contributed by atoms with Gasteiger partial charge in [0.1, 0.15) is 0 Å². The lowest BCUT2D eigenvalue weighted by Gasteiger charge is -2.38. The fourth-order valence-electron chi connectivity index (χ4n) is 4.46. The van der Waals surface area contributed by atoms with Crippen LogP contribution in [0.1, 0.15) is 47.9 Å². The molecule has 0 aliphatic carbocycles. The molecule has 0 saturated carbocycles. The average Bonchev–Trinajstić information content (AvgIpc) is 3.31. The van der Waals surface area contributed by atoms with E-state index in [0.717, 1.165) is 23.1 Å². The highest BCUT2D eigenvalue weighted by molar-refractivity contribution is 7.89. The van der Waals surface area contributed by atoms with Gasteiger partial charge in [0.25, 0.3) is 0 Å². The number of aryl methyl sites for hydroxylation is 1. The van der Waals surface area contributed by atoms with Crippen LogP contribution in [0, 0.1) is 6.92 Å².